The topological polar surface area (TPSA) is 145 Å². The van der Waals surface area contributed by atoms with Crippen molar-refractivity contribution in [2.24, 2.45) is 0 Å². The van der Waals surface area contributed by atoms with Gasteiger partial charge in [0.25, 0.3) is 0 Å². The SMILES string of the molecule is O=S([O-])NCc1cc(-c2cc(-c3nnc(CN4CCOCC4)o3)c3cn[nH]c3c2)cnc1Cl. The highest BCUT2D eigenvalue weighted by atomic mass is 35.5. The van der Waals surface area contributed by atoms with Crippen molar-refractivity contribution in [3.8, 4) is 22.6 Å². The third kappa shape index (κ3) is 4.95. The number of pyridine rings is 1. The van der Waals surface area contributed by atoms with Gasteiger partial charge < -0.3 is 13.7 Å². The number of halogens is 1. The average Bonchev–Trinajstić information content (AvgIpc) is 3.48. The van der Waals surface area contributed by atoms with Crippen LogP contribution >= 0.6 is 11.6 Å². The fraction of sp³-hybridized carbons (Fsp3) is 0.300. The molecule has 1 unspecified atom stereocenters. The van der Waals surface area contributed by atoms with Crippen LogP contribution in [0.4, 0.5) is 0 Å². The minimum Gasteiger partial charge on any atom is -0.760 e. The van der Waals surface area contributed by atoms with Gasteiger partial charge in [-0.15, -0.1) is 10.2 Å². The van der Waals surface area contributed by atoms with Gasteiger partial charge in [0.2, 0.25) is 11.8 Å². The molecule has 0 aliphatic carbocycles. The Morgan fingerprint density at radius 2 is 2.03 bits per heavy atom. The summed E-state index contributed by atoms with van der Waals surface area (Å²) in [5.74, 6) is 0.915. The number of H-pyrrole nitrogens is 1. The predicted molar refractivity (Wildman–Crippen MR) is 119 cm³/mol. The molecule has 1 aromatic carbocycles. The van der Waals surface area contributed by atoms with E-state index in [1.165, 1.54) is 0 Å². The Balaban J connectivity index is 1.48. The van der Waals surface area contributed by atoms with Crippen LogP contribution in [-0.4, -0.2) is 65.3 Å². The second kappa shape index (κ2) is 9.63. The third-order valence-corrected chi connectivity index (χ3v) is 6.06. The van der Waals surface area contributed by atoms with Crippen LogP contribution in [0.5, 0.6) is 0 Å². The Kier molecular flexibility index (Phi) is 6.44. The van der Waals surface area contributed by atoms with Gasteiger partial charge in [0, 0.05) is 53.6 Å². The highest BCUT2D eigenvalue weighted by Gasteiger charge is 2.18. The van der Waals surface area contributed by atoms with Crippen LogP contribution < -0.4 is 4.72 Å². The van der Waals surface area contributed by atoms with Gasteiger partial charge in [0.1, 0.15) is 5.15 Å². The van der Waals surface area contributed by atoms with Crippen LogP contribution in [0.3, 0.4) is 0 Å². The Bertz CT molecular complexity index is 1300. The monoisotopic (exact) mass is 488 g/mol. The second-order valence-corrected chi connectivity index (χ2v) is 8.59. The zero-order valence-corrected chi connectivity index (χ0v) is 18.9. The fourth-order valence-electron chi connectivity index (χ4n) is 3.68. The molecule has 0 amide bonds. The number of aromatic nitrogens is 5. The number of rotatable bonds is 7. The Hall–Kier alpha value is -2.74. The molecule has 1 saturated heterocycles. The van der Waals surface area contributed by atoms with Gasteiger partial charge in [-0.1, -0.05) is 11.6 Å². The Morgan fingerprint density at radius 1 is 1.18 bits per heavy atom. The Morgan fingerprint density at radius 3 is 2.85 bits per heavy atom. The van der Waals surface area contributed by atoms with Gasteiger partial charge in [-0.3, -0.25) is 14.2 Å². The molecule has 4 heterocycles. The van der Waals surface area contributed by atoms with Crippen LogP contribution in [0.1, 0.15) is 11.5 Å². The molecule has 11 nitrogen and oxygen atoms in total. The van der Waals surface area contributed by atoms with E-state index in [1.807, 2.05) is 12.1 Å². The van der Waals surface area contributed by atoms with E-state index in [0.29, 0.717) is 37.1 Å². The van der Waals surface area contributed by atoms with Gasteiger partial charge in [-0.05, 0) is 23.8 Å². The molecule has 5 rings (SSSR count). The molecule has 2 N–H and O–H groups in total. The zero-order chi connectivity index (χ0) is 22.8. The number of nitrogens with one attached hydrogen (secondary N) is 2. The van der Waals surface area contributed by atoms with E-state index in [4.69, 9.17) is 20.8 Å². The number of fused-ring (bicyclic) bond motifs is 1. The van der Waals surface area contributed by atoms with Crippen LogP contribution in [0.15, 0.2) is 35.0 Å². The summed E-state index contributed by atoms with van der Waals surface area (Å²) in [6, 6.07) is 5.62. The fourth-order valence-corrected chi connectivity index (χ4v) is 4.13. The van der Waals surface area contributed by atoms with Crippen molar-refractivity contribution in [2.45, 2.75) is 13.1 Å². The van der Waals surface area contributed by atoms with Crippen molar-refractivity contribution in [2.75, 3.05) is 26.3 Å². The van der Waals surface area contributed by atoms with Gasteiger partial charge in [-0.2, -0.15) is 5.10 Å². The highest BCUT2D eigenvalue weighted by Crippen LogP contribution is 2.33. The summed E-state index contributed by atoms with van der Waals surface area (Å²) < 4.78 is 35.4. The smallest absolute Gasteiger partial charge is 0.248 e. The average molecular weight is 489 g/mol. The van der Waals surface area contributed by atoms with E-state index >= 15 is 0 Å². The zero-order valence-electron chi connectivity index (χ0n) is 17.3. The quantitative estimate of drug-likeness (QED) is 0.294. The molecular weight excluding hydrogens is 470 g/mol. The summed E-state index contributed by atoms with van der Waals surface area (Å²) in [4.78, 5) is 6.41. The summed E-state index contributed by atoms with van der Waals surface area (Å²) in [6.45, 7) is 3.61. The number of aromatic amines is 1. The summed E-state index contributed by atoms with van der Waals surface area (Å²) in [6.07, 6.45) is 3.33. The van der Waals surface area contributed by atoms with Crippen molar-refractivity contribution in [1.29, 1.82) is 0 Å². The lowest BCUT2D eigenvalue weighted by molar-refractivity contribution is 0.0306. The number of benzene rings is 1. The van der Waals surface area contributed by atoms with E-state index in [0.717, 1.165) is 40.7 Å². The minimum absolute atomic E-state index is 0.0313. The standard InChI is InChI=1S/C20H20ClN7O4S/c21-19-14(9-24-33(29)30)5-13(8-22-19)12-6-15(16-10-23-25-17(16)7-12)20-27-26-18(32-20)11-28-1-3-31-4-2-28/h5-8,10,24H,1-4,9,11H2,(H,23,25)(H,29,30)/p-1. The first-order chi connectivity index (χ1) is 16.1. The summed E-state index contributed by atoms with van der Waals surface area (Å²) in [5, 5.41) is 16.7. The molecule has 0 saturated carbocycles. The number of nitrogens with zero attached hydrogens (tertiary/aromatic N) is 5. The number of hydrogen-bond donors (Lipinski definition) is 2. The minimum atomic E-state index is -2.41. The molecule has 1 fully saturated rings. The molecule has 1 atom stereocenters. The van der Waals surface area contributed by atoms with E-state index in [2.05, 4.69) is 35.0 Å². The largest absolute Gasteiger partial charge is 0.760 e. The number of hydrogen-bond acceptors (Lipinski definition) is 9. The molecule has 3 aromatic heterocycles. The van der Waals surface area contributed by atoms with Crippen LogP contribution in [0, 0.1) is 0 Å². The number of morpholine rings is 1. The first kappa shape index (κ1) is 22.1. The van der Waals surface area contributed by atoms with E-state index in [9.17, 15) is 8.76 Å². The van der Waals surface area contributed by atoms with Gasteiger partial charge in [0.05, 0.1) is 37.0 Å². The van der Waals surface area contributed by atoms with Crippen LogP contribution in [0.2, 0.25) is 5.15 Å². The molecule has 0 spiro atoms. The van der Waals surface area contributed by atoms with Gasteiger partial charge in [-0.25, -0.2) is 9.71 Å². The van der Waals surface area contributed by atoms with Crippen molar-refractivity contribution in [3.63, 3.8) is 0 Å². The maximum atomic E-state index is 10.9. The van der Waals surface area contributed by atoms with Gasteiger partial charge >= 0.3 is 0 Å². The van der Waals surface area contributed by atoms with Crippen molar-refractivity contribution >= 4 is 33.8 Å². The molecule has 33 heavy (non-hydrogen) atoms. The lowest BCUT2D eigenvalue weighted by Crippen LogP contribution is -2.35. The molecule has 0 bridgehead atoms. The summed E-state index contributed by atoms with van der Waals surface area (Å²) >= 11 is 3.74. The van der Waals surface area contributed by atoms with E-state index in [-0.39, 0.29) is 11.7 Å². The van der Waals surface area contributed by atoms with Crippen LogP contribution in [-0.2, 0) is 29.1 Å². The van der Waals surface area contributed by atoms with E-state index < -0.39 is 11.3 Å². The maximum absolute atomic E-state index is 10.9. The summed E-state index contributed by atoms with van der Waals surface area (Å²) in [7, 11) is 0. The maximum Gasteiger partial charge on any atom is 0.248 e. The Labute approximate surface area is 195 Å². The summed E-state index contributed by atoms with van der Waals surface area (Å²) in [5.41, 5.74) is 3.62. The van der Waals surface area contributed by atoms with Crippen LogP contribution in [0.25, 0.3) is 33.5 Å². The molecule has 4 aromatic rings. The molecule has 1 aliphatic heterocycles. The molecule has 0 radical (unpaired) electrons. The second-order valence-electron chi connectivity index (χ2n) is 7.47. The lowest BCUT2D eigenvalue weighted by atomic mass is 10.0. The third-order valence-electron chi connectivity index (χ3n) is 5.34. The first-order valence-electron chi connectivity index (χ1n) is 10.1. The number of ether oxygens (including phenoxy) is 1. The van der Waals surface area contributed by atoms with E-state index in [1.54, 1.807) is 18.5 Å². The van der Waals surface area contributed by atoms with Gasteiger partial charge in [0.15, 0.2) is 0 Å². The molecule has 13 heteroatoms. The normalized spacial score (nSPS) is 15.8. The predicted octanol–water partition coefficient (Wildman–Crippen LogP) is 2.04. The van der Waals surface area contributed by atoms with Crippen molar-refractivity contribution in [1.82, 2.24) is 35.0 Å². The molecular formula is C20H19ClN7O4S-. The highest BCUT2D eigenvalue weighted by molar-refractivity contribution is 7.77. The molecule has 172 valence electrons. The lowest BCUT2D eigenvalue weighted by Gasteiger charge is -2.24. The first-order valence-corrected chi connectivity index (χ1v) is 11.6. The van der Waals surface area contributed by atoms with Crippen molar-refractivity contribution in [3.05, 3.63) is 47.2 Å². The molecule has 1 aliphatic rings. The van der Waals surface area contributed by atoms with Crippen molar-refractivity contribution < 1.29 is 17.9 Å².